The highest BCUT2D eigenvalue weighted by Gasteiger charge is 2.50. The molecule has 1 saturated carbocycles. The maximum Gasteiger partial charge on any atom is 0.405 e. The topological polar surface area (TPSA) is 49.5 Å². The average molecular weight is 240 g/mol. The largest absolute Gasteiger partial charge is 0.405 e. The Morgan fingerprint density at radius 2 is 2.00 bits per heavy atom. The summed E-state index contributed by atoms with van der Waals surface area (Å²) in [4.78, 5) is 1.31. The van der Waals surface area contributed by atoms with Crippen molar-refractivity contribution in [1.82, 2.24) is 4.90 Å². The summed E-state index contributed by atoms with van der Waals surface area (Å²) in [6.07, 6.45) is -2.52. The minimum atomic E-state index is -4.33. The summed E-state index contributed by atoms with van der Waals surface area (Å²) in [6, 6.07) is -2.61. The minimum absolute atomic E-state index is 0.0442. The summed E-state index contributed by atoms with van der Waals surface area (Å²) in [7, 11) is 0. The lowest BCUT2D eigenvalue weighted by atomic mass is 10.0. The smallest absolute Gasteiger partial charge is 0.395 e. The molecular formula is C10H19F3N2O. The van der Waals surface area contributed by atoms with Crippen LogP contribution in [0.5, 0.6) is 0 Å². The van der Waals surface area contributed by atoms with Gasteiger partial charge in [-0.05, 0) is 19.3 Å². The Bertz CT molecular complexity index is 219. The van der Waals surface area contributed by atoms with Gasteiger partial charge in [0.15, 0.2) is 0 Å². The number of hydrogen-bond acceptors (Lipinski definition) is 3. The van der Waals surface area contributed by atoms with Gasteiger partial charge in [0.1, 0.15) is 6.04 Å². The van der Waals surface area contributed by atoms with Crippen LogP contribution in [0.3, 0.4) is 0 Å². The summed E-state index contributed by atoms with van der Waals surface area (Å²) in [5.74, 6) is 0. The zero-order chi connectivity index (χ0) is 12.3. The lowest BCUT2D eigenvalue weighted by molar-refractivity contribution is -0.192. The molecule has 0 radical (unpaired) electrons. The predicted molar refractivity (Wildman–Crippen MR) is 54.9 cm³/mol. The number of aliphatic hydroxyl groups is 1. The first-order valence-corrected chi connectivity index (χ1v) is 5.60. The zero-order valence-corrected chi connectivity index (χ0v) is 9.37. The summed E-state index contributed by atoms with van der Waals surface area (Å²) >= 11 is 0. The van der Waals surface area contributed by atoms with E-state index >= 15 is 0 Å². The molecule has 0 aromatic carbocycles. The van der Waals surface area contributed by atoms with Crippen molar-refractivity contribution >= 4 is 0 Å². The lowest BCUT2D eigenvalue weighted by Gasteiger charge is -2.36. The molecule has 0 spiro atoms. The highest BCUT2D eigenvalue weighted by Crippen LogP contribution is 2.35. The van der Waals surface area contributed by atoms with Crippen molar-refractivity contribution < 1.29 is 18.3 Å². The Labute approximate surface area is 93.4 Å². The van der Waals surface area contributed by atoms with E-state index in [1.807, 2.05) is 0 Å². The van der Waals surface area contributed by atoms with Gasteiger partial charge in [-0.1, -0.05) is 6.92 Å². The van der Waals surface area contributed by atoms with Gasteiger partial charge in [0.2, 0.25) is 0 Å². The molecule has 3 nitrogen and oxygen atoms in total. The van der Waals surface area contributed by atoms with Gasteiger partial charge >= 0.3 is 6.18 Å². The van der Waals surface area contributed by atoms with Crippen LogP contribution >= 0.6 is 0 Å². The van der Waals surface area contributed by atoms with Crippen LogP contribution in [0.4, 0.5) is 13.2 Å². The van der Waals surface area contributed by atoms with E-state index in [0.29, 0.717) is 0 Å². The van der Waals surface area contributed by atoms with E-state index in [-0.39, 0.29) is 25.6 Å². The Hall–Kier alpha value is -0.330. The van der Waals surface area contributed by atoms with Crippen LogP contribution in [0.2, 0.25) is 0 Å². The molecule has 0 heterocycles. The van der Waals surface area contributed by atoms with Crippen LogP contribution in [-0.2, 0) is 0 Å². The molecule has 2 unspecified atom stereocenters. The zero-order valence-electron chi connectivity index (χ0n) is 9.37. The van der Waals surface area contributed by atoms with Crippen molar-refractivity contribution in [1.29, 1.82) is 0 Å². The first kappa shape index (κ1) is 13.7. The quantitative estimate of drug-likeness (QED) is 0.731. The summed E-state index contributed by atoms with van der Waals surface area (Å²) in [5, 5.41) is 8.83. The van der Waals surface area contributed by atoms with E-state index in [1.165, 1.54) is 4.90 Å². The molecule has 6 heteroatoms. The Morgan fingerprint density at radius 1 is 1.44 bits per heavy atom. The lowest BCUT2D eigenvalue weighted by Crippen LogP contribution is -2.57. The third-order valence-corrected chi connectivity index (χ3v) is 2.94. The van der Waals surface area contributed by atoms with Crippen molar-refractivity contribution in [2.45, 2.75) is 50.5 Å². The molecular weight excluding hydrogens is 221 g/mol. The molecule has 2 atom stereocenters. The molecule has 0 aliphatic heterocycles. The second-order valence-electron chi connectivity index (χ2n) is 4.25. The Morgan fingerprint density at radius 3 is 2.31 bits per heavy atom. The molecule has 3 N–H and O–H groups in total. The number of nitrogens with two attached hydrogens (primary N) is 1. The van der Waals surface area contributed by atoms with Gasteiger partial charge < -0.3 is 10.8 Å². The van der Waals surface area contributed by atoms with E-state index < -0.39 is 18.3 Å². The van der Waals surface area contributed by atoms with Crippen molar-refractivity contribution in [3.8, 4) is 0 Å². The first-order valence-electron chi connectivity index (χ1n) is 5.60. The number of hydrogen-bond donors (Lipinski definition) is 2. The molecule has 1 aliphatic carbocycles. The molecule has 0 aromatic heterocycles. The fourth-order valence-corrected chi connectivity index (χ4v) is 1.97. The number of rotatable bonds is 6. The maximum atomic E-state index is 12.9. The Kier molecular flexibility index (Phi) is 4.58. The number of alkyl halides is 3. The van der Waals surface area contributed by atoms with Crippen LogP contribution < -0.4 is 5.73 Å². The van der Waals surface area contributed by atoms with Crippen LogP contribution in [-0.4, -0.2) is 47.5 Å². The molecule has 96 valence electrons. The van der Waals surface area contributed by atoms with Crippen molar-refractivity contribution in [2.24, 2.45) is 5.73 Å². The maximum absolute atomic E-state index is 12.9. The second kappa shape index (κ2) is 5.33. The molecule has 0 saturated heterocycles. The van der Waals surface area contributed by atoms with E-state index in [0.717, 1.165) is 12.8 Å². The first-order chi connectivity index (χ1) is 7.41. The molecule has 16 heavy (non-hydrogen) atoms. The summed E-state index contributed by atoms with van der Waals surface area (Å²) < 4.78 is 38.7. The van der Waals surface area contributed by atoms with Gasteiger partial charge in [-0.15, -0.1) is 0 Å². The highest BCUT2D eigenvalue weighted by molar-refractivity contribution is 4.95. The molecule has 0 aromatic rings. The minimum Gasteiger partial charge on any atom is -0.395 e. The molecule has 1 fully saturated rings. The van der Waals surface area contributed by atoms with Crippen molar-refractivity contribution in [3.63, 3.8) is 0 Å². The standard InChI is InChI=1S/C10H19F3N2O/c1-2-8(14)9(10(11,12)13)15(5-6-16)7-3-4-7/h7-9,16H,2-6,14H2,1H3. The monoisotopic (exact) mass is 240 g/mol. The fourth-order valence-electron chi connectivity index (χ4n) is 1.97. The van der Waals surface area contributed by atoms with Crippen molar-refractivity contribution in [2.75, 3.05) is 13.2 Å². The van der Waals surface area contributed by atoms with E-state index in [9.17, 15) is 13.2 Å². The third-order valence-electron chi connectivity index (χ3n) is 2.94. The second-order valence-corrected chi connectivity index (χ2v) is 4.25. The SMILES string of the molecule is CCC(N)C(N(CCO)C1CC1)C(F)(F)F. The van der Waals surface area contributed by atoms with Crippen molar-refractivity contribution in [3.05, 3.63) is 0 Å². The number of aliphatic hydroxyl groups excluding tert-OH is 1. The third kappa shape index (κ3) is 3.33. The molecule has 0 bridgehead atoms. The van der Waals surface area contributed by atoms with Crippen LogP contribution in [0.1, 0.15) is 26.2 Å². The molecule has 1 rings (SSSR count). The normalized spacial score (nSPS) is 21.2. The average Bonchev–Trinajstić information content (AvgIpc) is 2.97. The van der Waals surface area contributed by atoms with Crippen LogP contribution in [0.15, 0.2) is 0 Å². The Balaban J connectivity index is 2.79. The fraction of sp³-hybridized carbons (Fsp3) is 1.00. The number of halogens is 3. The van der Waals surface area contributed by atoms with E-state index in [1.54, 1.807) is 6.92 Å². The van der Waals surface area contributed by atoms with Crippen LogP contribution in [0, 0.1) is 0 Å². The van der Waals surface area contributed by atoms with Crippen LogP contribution in [0.25, 0.3) is 0 Å². The summed E-state index contributed by atoms with van der Waals surface area (Å²) in [6.45, 7) is 1.43. The van der Waals surface area contributed by atoms with Gasteiger partial charge in [-0.3, -0.25) is 4.90 Å². The molecule has 1 aliphatic rings. The summed E-state index contributed by atoms with van der Waals surface area (Å²) in [5.41, 5.74) is 5.56. The van der Waals surface area contributed by atoms with E-state index in [2.05, 4.69) is 0 Å². The molecule has 0 amide bonds. The van der Waals surface area contributed by atoms with Gasteiger partial charge in [0.25, 0.3) is 0 Å². The van der Waals surface area contributed by atoms with Gasteiger partial charge in [-0.25, -0.2) is 0 Å². The van der Waals surface area contributed by atoms with Gasteiger partial charge in [0, 0.05) is 18.6 Å². The number of nitrogens with zero attached hydrogens (tertiary/aromatic N) is 1. The van der Waals surface area contributed by atoms with Gasteiger partial charge in [0.05, 0.1) is 6.61 Å². The van der Waals surface area contributed by atoms with Gasteiger partial charge in [-0.2, -0.15) is 13.2 Å². The highest BCUT2D eigenvalue weighted by atomic mass is 19.4. The van der Waals surface area contributed by atoms with E-state index in [4.69, 9.17) is 10.8 Å². The predicted octanol–water partition coefficient (Wildman–Crippen LogP) is 1.11.